The zero-order valence-corrected chi connectivity index (χ0v) is 11.3. The SMILES string of the molecule is COc1ccccc1Cc1ncc2cc(Cl)ccn12. The first kappa shape index (κ1) is 12.1. The zero-order chi connectivity index (χ0) is 13.2. The molecule has 0 atom stereocenters. The van der Waals surface area contributed by atoms with Crippen molar-refractivity contribution in [2.24, 2.45) is 0 Å². The van der Waals surface area contributed by atoms with Crippen molar-refractivity contribution >= 4 is 17.1 Å². The fourth-order valence-electron chi connectivity index (χ4n) is 2.18. The predicted molar refractivity (Wildman–Crippen MR) is 76.0 cm³/mol. The summed E-state index contributed by atoms with van der Waals surface area (Å²) in [6.45, 7) is 0. The molecule has 0 radical (unpaired) electrons. The molecule has 0 aliphatic heterocycles. The van der Waals surface area contributed by atoms with Crippen molar-refractivity contribution in [3.05, 3.63) is 65.2 Å². The summed E-state index contributed by atoms with van der Waals surface area (Å²) in [5.41, 5.74) is 2.12. The van der Waals surface area contributed by atoms with Crippen LogP contribution in [0.1, 0.15) is 11.4 Å². The van der Waals surface area contributed by atoms with Gasteiger partial charge in [-0.3, -0.25) is 0 Å². The van der Waals surface area contributed by atoms with Crippen LogP contribution in [0.4, 0.5) is 0 Å². The number of pyridine rings is 1. The molecule has 3 nitrogen and oxygen atoms in total. The van der Waals surface area contributed by atoms with Gasteiger partial charge in [-0.1, -0.05) is 29.8 Å². The van der Waals surface area contributed by atoms with Crippen LogP contribution in [0, 0.1) is 0 Å². The Bertz CT molecular complexity index is 721. The van der Waals surface area contributed by atoms with Gasteiger partial charge in [-0.25, -0.2) is 4.98 Å². The summed E-state index contributed by atoms with van der Waals surface area (Å²) in [5.74, 6) is 1.85. The fourth-order valence-corrected chi connectivity index (χ4v) is 2.35. The number of imidazole rings is 1. The summed E-state index contributed by atoms with van der Waals surface area (Å²) < 4.78 is 7.41. The molecule has 0 bridgehead atoms. The Hall–Kier alpha value is -2.00. The Balaban J connectivity index is 2.01. The molecule has 0 aliphatic rings. The highest BCUT2D eigenvalue weighted by Crippen LogP contribution is 2.21. The molecular weight excluding hydrogens is 260 g/mol. The van der Waals surface area contributed by atoms with Crippen molar-refractivity contribution in [2.45, 2.75) is 6.42 Å². The van der Waals surface area contributed by atoms with E-state index in [2.05, 4.69) is 11.1 Å². The van der Waals surface area contributed by atoms with E-state index in [0.29, 0.717) is 0 Å². The third kappa shape index (κ3) is 2.29. The van der Waals surface area contributed by atoms with Gasteiger partial charge in [-0.05, 0) is 18.2 Å². The maximum absolute atomic E-state index is 5.97. The number of ether oxygens (including phenoxy) is 1. The van der Waals surface area contributed by atoms with Crippen molar-refractivity contribution in [3.63, 3.8) is 0 Å². The Morgan fingerprint density at radius 2 is 2.11 bits per heavy atom. The number of fused-ring (bicyclic) bond motifs is 1. The molecule has 0 saturated heterocycles. The molecule has 0 fully saturated rings. The lowest BCUT2D eigenvalue weighted by atomic mass is 10.1. The van der Waals surface area contributed by atoms with Gasteiger partial charge in [-0.15, -0.1) is 0 Å². The van der Waals surface area contributed by atoms with Gasteiger partial charge in [0.1, 0.15) is 11.6 Å². The molecule has 3 rings (SSSR count). The number of halogens is 1. The van der Waals surface area contributed by atoms with E-state index in [0.717, 1.165) is 34.1 Å². The van der Waals surface area contributed by atoms with E-state index in [9.17, 15) is 0 Å². The average Bonchev–Trinajstić information content (AvgIpc) is 2.82. The maximum Gasteiger partial charge on any atom is 0.122 e. The molecule has 2 aromatic heterocycles. The molecule has 0 aliphatic carbocycles. The van der Waals surface area contributed by atoms with E-state index in [1.54, 1.807) is 7.11 Å². The predicted octanol–water partition coefficient (Wildman–Crippen LogP) is 3.59. The lowest BCUT2D eigenvalue weighted by Crippen LogP contribution is -1.98. The summed E-state index contributed by atoms with van der Waals surface area (Å²) in [5, 5.41) is 0.719. The molecular formula is C15H13ClN2O. The van der Waals surface area contributed by atoms with Gasteiger partial charge in [0, 0.05) is 23.2 Å². The van der Waals surface area contributed by atoms with Gasteiger partial charge in [0.2, 0.25) is 0 Å². The number of nitrogens with zero attached hydrogens (tertiary/aromatic N) is 2. The summed E-state index contributed by atoms with van der Waals surface area (Å²) in [4.78, 5) is 4.46. The lowest BCUT2D eigenvalue weighted by molar-refractivity contribution is 0.410. The quantitative estimate of drug-likeness (QED) is 0.728. The van der Waals surface area contributed by atoms with Gasteiger partial charge >= 0.3 is 0 Å². The van der Waals surface area contributed by atoms with E-state index in [-0.39, 0.29) is 0 Å². The lowest BCUT2D eigenvalue weighted by Gasteiger charge is -2.07. The number of hydrogen-bond donors (Lipinski definition) is 0. The van der Waals surface area contributed by atoms with Gasteiger partial charge < -0.3 is 9.14 Å². The standard InChI is InChI=1S/C15H13ClN2O/c1-19-14-5-3-2-4-11(14)8-15-17-10-13-9-12(16)6-7-18(13)15/h2-7,9-10H,8H2,1H3. The van der Waals surface area contributed by atoms with Crippen molar-refractivity contribution in [2.75, 3.05) is 7.11 Å². The minimum Gasteiger partial charge on any atom is -0.496 e. The molecule has 0 unspecified atom stereocenters. The molecule has 2 heterocycles. The van der Waals surface area contributed by atoms with E-state index >= 15 is 0 Å². The van der Waals surface area contributed by atoms with Crippen LogP contribution in [0.2, 0.25) is 5.02 Å². The highest BCUT2D eigenvalue weighted by molar-refractivity contribution is 6.30. The number of methoxy groups -OCH3 is 1. The molecule has 0 amide bonds. The van der Waals surface area contributed by atoms with Crippen LogP contribution in [-0.2, 0) is 6.42 Å². The highest BCUT2D eigenvalue weighted by Gasteiger charge is 2.08. The first-order valence-electron chi connectivity index (χ1n) is 6.01. The topological polar surface area (TPSA) is 26.5 Å². The first-order valence-corrected chi connectivity index (χ1v) is 6.39. The molecule has 96 valence electrons. The van der Waals surface area contributed by atoms with Crippen molar-refractivity contribution in [3.8, 4) is 5.75 Å². The molecule has 3 aromatic rings. The fraction of sp³-hybridized carbons (Fsp3) is 0.133. The second kappa shape index (κ2) is 4.94. The van der Waals surface area contributed by atoms with Crippen molar-refractivity contribution < 1.29 is 4.74 Å². The van der Waals surface area contributed by atoms with Crippen LogP contribution < -0.4 is 4.74 Å². The monoisotopic (exact) mass is 272 g/mol. The molecule has 4 heteroatoms. The third-order valence-electron chi connectivity index (χ3n) is 3.11. The van der Waals surface area contributed by atoms with Crippen LogP contribution in [0.15, 0.2) is 48.8 Å². The average molecular weight is 273 g/mol. The van der Waals surface area contributed by atoms with E-state index in [1.807, 2.05) is 47.1 Å². The largest absolute Gasteiger partial charge is 0.496 e. The molecule has 0 saturated carbocycles. The van der Waals surface area contributed by atoms with Gasteiger partial charge in [0.15, 0.2) is 0 Å². The maximum atomic E-state index is 5.97. The Kier molecular flexibility index (Phi) is 3.13. The van der Waals surface area contributed by atoms with Crippen molar-refractivity contribution in [1.29, 1.82) is 0 Å². The summed E-state index contributed by atoms with van der Waals surface area (Å²) in [7, 11) is 1.68. The van der Waals surface area contributed by atoms with E-state index < -0.39 is 0 Å². The minimum absolute atomic E-state index is 0.719. The number of aromatic nitrogens is 2. The van der Waals surface area contributed by atoms with E-state index in [4.69, 9.17) is 16.3 Å². The first-order chi connectivity index (χ1) is 9.28. The molecule has 19 heavy (non-hydrogen) atoms. The molecule has 1 aromatic carbocycles. The highest BCUT2D eigenvalue weighted by atomic mass is 35.5. The van der Waals surface area contributed by atoms with Crippen LogP contribution in [0.25, 0.3) is 5.52 Å². The normalized spacial score (nSPS) is 10.8. The van der Waals surface area contributed by atoms with Gasteiger partial charge in [0.05, 0.1) is 18.8 Å². The summed E-state index contributed by atoms with van der Waals surface area (Å²) in [6.07, 6.45) is 4.49. The Morgan fingerprint density at radius 1 is 1.26 bits per heavy atom. The van der Waals surface area contributed by atoms with Crippen LogP contribution in [0.5, 0.6) is 5.75 Å². The number of hydrogen-bond acceptors (Lipinski definition) is 2. The van der Waals surface area contributed by atoms with Crippen LogP contribution in [0.3, 0.4) is 0 Å². The van der Waals surface area contributed by atoms with E-state index in [1.165, 1.54) is 0 Å². The van der Waals surface area contributed by atoms with Crippen molar-refractivity contribution in [1.82, 2.24) is 9.38 Å². The number of benzene rings is 1. The van der Waals surface area contributed by atoms with Gasteiger partial charge in [0.25, 0.3) is 0 Å². The Morgan fingerprint density at radius 3 is 2.95 bits per heavy atom. The Labute approximate surface area is 116 Å². The summed E-state index contributed by atoms with van der Waals surface area (Å²) in [6, 6.07) is 11.7. The summed E-state index contributed by atoms with van der Waals surface area (Å²) >= 11 is 5.97. The second-order valence-corrected chi connectivity index (χ2v) is 4.74. The van der Waals surface area contributed by atoms with Crippen LogP contribution >= 0.6 is 11.6 Å². The third-order valence-corrected chi connectivity index (χ3v) is 3.35. The molecule has 0 N–H and O–H groups in total. The smallest absolute Gasteiger partial charge is 0.122 e. The second-order valence-electron chi connectivity index (χ2n) is 4.30. The molecule has 0 spiro atoms. The minimum atomic E-state index is 0.719. The number of para-hydroxylation sites is 1. The zero-order valence-electron chi connectivity index (χ0n) is 10.5. The van der Waals surface area contributed by atoms with Crippen LogP contribution in [-0.4, -0.2) is 16.5 Å². The van der Waals surface area contributed by atoms with Gasteiger partial charge in [-0.2, -0.15) is 0 Å². The number of rotatable bonds is 3.